The predicted octanol–water partition coefficient (Wildman–Crippen LogP) is 1.49. The maximum Gasteiger partial charge on any atom is 0.326 e. The lowest BCUT2D eigenvalue weighted by atomic mass is 10.1. The summed E-state index contributed by atoms with van der Waals surface area (Å²) in [6.07, 6.45) is 5.45. The first-order valence-electron chi connectivity index (χ1n) is 5.61. The SMILES string of the molecule is Cl.Cl.O=c1[nH]c2cnccc2n1C1CCNCC1. The molecule has 18 heavy (non-hydrogen) atoms. The van der Waals surface area contributed by atoms with Gasteiger partial charge in [-0.1, -0.05) is 0 Å². The van der Waals surface area contributed by atoms with Crippen molar-refractivity contribution in [3.63, 3.8) is 0 Å². The van der Waals surface area contributed by atoms with Gasteiger partial charge in [0.15, 0.2) is 0 Å². The summed E-state index contributed by atoms with van der Waals surface area (Å²) in [5, 5.41) is 3.31. The summed E-state index contributed by atoms with van der Waals surface area (Å²) in [6, 6.07) is 2.21. The number of halogens is 2. The molecule has 2 aromatic rings. The first-order chi connectivity index (χ1) is 7.86. The molecule has 1 saturated heterocycles. The van der Waals surface area contributed by atoms with E-state index in [9.17, 15) is 4.79 Å². The highest BCUT2D eigenvalue weighted by molar-refractivity contribution is 5.85. The molecular weight excluding hydrogens is 275 g/mol. The molecule has 1 aliphatic heterocycles. The highest BCUT2D eigenvalue weighted by atomic mass is 35.5. The number of nitrogens with zero attached hydrogens (tertiary/aromatic N) is 2. The number of H-pyrrole nitrogens is 1. The minimum Gasteiger partial charge on any atom is -0.317 e. The molecule has 2 aromatic heterocycles. The number of nitrogens with one attached hydrogen (secondary N) is 2. The summed E-state index contributed by atoms with van der Waals surface area (Å²) < 4.78 is 1.87. The number of pyridine rings is 1. The first kappa shape index (κ1) is 15.0. The van der Waals surface area contributed by atoms with Gasteiger partial charge in [-0.25, -0.2) is 4.79 Å². The average molecular weight is 291 g/mol. The van der Waals surface area contributed by atoms with Crippen LogP contribution in [0.2, 0.25) is 0 Å². The topological polar surface area (TPSA) is 62.7 Å². The Morgan fingerprint density at radius 1 is 1.28 bits per heavy atom. The fourth-order valence-corrected chi connectivity index (χ4v) is 2.41. The second kappa shape index (κ2) is 6.22. The van der Waals surface area contributed by atoms with Crippen LogP contribution in [0.3, 0.4) is 0 Å². The average Bonchev–Trinajstić information content (AvgIpc) is 2.66. The quantitative estimate of drug-likeness (QED) is 0.837. The van der Waals surface area contributed by atoms with Gasteiger partial charge in [0.2, 0.25) is 0 Å². The Kier molecular flexibility index (Phi) is 5.19. The lowest BCUT2D eigenvalue weighted by molar-refractivity contribution is 0.368. The van der Waals surface area contributed by atoms with Crippen molar-refractivity contribution in [2.24, 2.45) is 0 Å². The van der Waals surface area contributed by atoms with Gasteiger partial charge >= 0.3 is 5.69 Å². The Bertz CT molecular complexity index is 559. The van der Waals surface area contributed by atoms with E-state index < -0.39 is 0 Å². The fraction of sp³-hybridized carbons (Fsp3) is 0.455. The van der Waals surface area contributed by atoms with Crippen molar-refractivity contribution >= 4 is 35.8 Å². The Morgan fingerprint density at radius 2 is 2.00 bits per heavy atom. The van der Waals surface area contributed by atoms with Crippen molar-refractivity contribution < 1.29 is 0 Å². The zero-order valence-electron chi connectivity index (χ0n) is 9.76. The zero-order valence-corrected chi connectivity index (χ0v) is 11.4. The van der Waals surface area contributed by atoms with Crippen LogP contribution in [0.25, 0.3) is 11.0 Å². The van der Waals surface area contributed by atoms with Crippen LogP contribution in [0.15, 0.2) is 23.3 Å². The Morgan fingerprint density at radius 3 is 2.72 bits per heavy atom. The van der Waals surface area contributed by atoms with Crippen molar-refractivity contribution in [3.8, 4) is 0 Å². The Labute approximate surface area is 117 Å². The molecule has 1 aliphatic rings. The van der Waals surface area contributed by atoms with Crippen LogP contribution < -0.4 is 11.0 Å². The molecule has 0 spiro atoms. The molecule has 3 heterocycles. The van der Waals surface area contributed by atoms with Crippen LogP contribution in [-0.4, -0.2) is 27.6 Å². The van der Waals surface area contributed by atoms with E-state index >= 15 is 0 Å². The van der Waals surface area contributed by atoms with Crippen molar-refractivity contribution in [1.82, 2.24) is 19.9 Å². The first-order valence-corrected chi connectivity index (χ1v) is 5.61. The molecular formula is C11H16Cl2N4O. The lowest BCUT2D eigenvalue weighted by Gasteiger charge is -2.23. The number of imidazole rings is 1. The van der Waals surface area contributed by atoms with Gasteiger partial charge in [0.1, 0.15) is 0 Å². The second-order valence-corrected chi connectivity index (χ2v) is 4.17. The van der Waals surface area contributed by atoms with Gasteiger partial charge in [0.25, 0.3) is 0 Å². The van der Waals surface area contributed by atoms with Crippen molar-refractivity contribution in [2.45, 2.75) is 18.9 Å². The summed E-state index contributed by atoms with van der Waals surface area (Å²) in [5.41, 5.74) is 1.77. The number of rotatable bonds is 1. The van der Waals surface area contributed by atoms with Crippen molar-refractivity contribution in [1.29, 1.82) is 0 Å². The highest BCUT2D eigenvalue weighted by Gasteiger charge is 2.19. The third-order valence-electron chi connectivity index (χ3n) is 3.19. The monoisotopic (exact) mass is 290 g/mol. The van der Waals surface area contributed by atoms with E-state index in [0.717, 1.165) is 37.0 Å². The Balaban J connectivity index is 0.000000810. The van der Waals surface area contributed by atoms with Crippen LogP contribution in [0, 0.1) is 0 Å². The molecule has 100 valence electrons. The van der Waals surface area contributed by atoms with Gasteiger partial charge in [-0.3, -0.25) is 9.55 Å². The van der Waals surface area contributed by atoms with E-state index in [4.69, 9.17) is 0 Å². The number of hydrogen-bond donors (Lipinski definition) is 2. The van der Waals surface area contributed by atoms with E-state index in [2.05, 4.69) is 15.3 Å². The zero-order chi connectivity index (χ0) is 11.0. The molecule has 0 aromatic carbocycles. The van der Waals surface area contributed by atoms with E-state index in [1.807, 2.05) is 10.6 Å². The van der Waals surface area contributed by atoms with Crippen molar-refractivity contribution in [3.05, 3.63) is 28.9 Å². The third kappa shape index (κ3) is 2.53. The van der Waals surface area contributed by atoms with Gasteiger partial charge < -0.3 is 10.3 Å². The molecule has 0 amide bonds. The second-order valence-electron chi connectivity index (χ2n) is 4.17. The minimum atomic E-state index is -0.0186. The largest absolute Gasteiger partial charge is 0.326 e. The molecule has 0 atom stereocenters. The van der Waals surface area contributed by atoms with Crippen LogP contribution in [0.4, 0.5) is 0 Å². The standard InChI is InChI=1S/C11H14N4O.2ClH/c16-11-14-9-7-13-6-3-10(9)15(11)8-1-4-12-5-2-8;;/h3,6-8,12H,1-2,4-5H2,(H,14,16);2*1H. The Hall–Kier alpha value is -1.04. The molecule has 0 aliphatic carbocycles. The number of aromatic nitrogens is 3. The number of aromatic amines is 1. The van der Waals surface area contributed by atoms with Crippen LogP contribution >= 0.6 is 24.8 Å². The van der Waals surface area contributed by atoms with Crippen molar-refractivity contribution in [2.75, 3.05) is 13.1 Å². The smallest absolute Gasteiger partial charge is 0.317 e. The van der Waals surface area contributed by atoms with Gasteiger partial charge in [0, 0.05) is 12.2 Å². The molecule has 0 radical (unpaired) electrons. The summed E-state index contributed by atoms with van der Waals surface area (Å²) in [7, 11) is 0. The van der Waals surface area contributed by atoms with E-state index in [0.29, 0.717) is 6.04 Å². The number of hydrogen-bond acceptors (Lipinski definition) is 3. The van der Waals surface area contributed by atoms with Gasteiger partial charge in [-0.2, -0.15) is 0 Å². The van der Waals surface area contributed by atoms with Gasteiger partial charge in [0.05, 0.1) is 17.2 Å². The third-order valence-corrected chi connectivity index (χ3v) is 3.19. The minimum absolute atomic E-state index is 0. The molecule has 0 bridgehead atoms. The molecule has 1 fully saturated rings. The normalized spacial score (nSPS) is 16.0. The number of fused-ring (bicyclic) bond motifs is 1. The summed E-state index contributed by atoms with van der Waals surface area (Å²) in [6.45, 7) is 1.96. The van der Waals surface area contributed by atoms with Gasteiger partial charge in [-0.15, -0.1) is 24.8 Å². The molecule has 0 unspecified atom stereocenters. The molecule has 0 saturated carbocycles. The molecule has 3 rings (SSSR count). The van der Waals surface area contributed by atoms with E-state index in [-0.39, 0.29) is 30.5 Å². The van der Waals surface area contributed by atoms with E-state index in [1.54, 1.807) is 12.4 Å². The van der Waals surface area contributed by atoms with Crippen LogP contribution in [0.5, 0.6) is 0 Å². The predicted molar refractivity (Wildman–Crippen MR) is 76.0 cm³/mol. The maximum absolute atomic E-state index is 11.9. The molecule has 7 heteroatoms. The van der Waals surface area contributed by atoms with E-state index in [1.165, 1.54) is 0 Å². The van der Waals surface area contributed by atoms with Gasteiger partial charge in [-0.05, 0) is 32.0 Å². The maximum atomic E-state index is 11.9. The lowest BCUT2D eigenvalue weighted by Crippen LogP contribution is -2.33. The summed E-state index contributed by atoms with van der Waals surface area (Å²) >= 11 is 0. The van der Waals surface area contributed by atoms with Crippen LogP contribution in [-0.2, 0) is 0 Å². The summed E-state index contributed by atoms with van der Waals surface area (Å²) in [5.74, 6) is 0. The number of piperidine rings is 1. The molecule has 5 nitrogen and oxygen atoms in total. The highest BCUT2D eigenvalue weighted by Crippen LogP contribution is 2.20. The fourth-order valence-electron chi connectivity index (χ4n) is 2.41. The summed E-state index contributed by atoms with van der Waals surface area (Å²) in [4.78, 5) is 18.8. The van der Waals surface area contributed by atoms with Crippen LogP contribution in [0.1, 0.15) is 18.9 Å². The molecule has 2 N–H and O–H groups in total.